The third-order valence-electron chi connectivity index (χ3n) is 2.91. The summed E-state index contributed by atoms with van der Waals surface area (Å²) < 4.78 is 0. The van der Waals surface area contributed by atoms with Crippen LogP contribution in [0.15, 0.2) is 18.3 Å². The Labute approximate surface area is 125 Å². The number of hydrogen-bond donors (Lipinski definition) is 3. The molecule has 1 aromatic heterocycles. The van der Waals surface area contributed by atoms with E-state index in [2.05, 4.69) is 20.9 Å². The molecule has 1 heterocycles. The molecule has 0 spiro atoms. The molecule has 0 bridgehead atoms. The first-order valence-corrected chi connectivity index (χ1v) is 7.05. The molecule has 0 saturated carbocycles. The number of pyridine rings is 1. The van der Waals surface area contributed by atoms with Crippen LogP contribution in [0.25, 0.3) is 0 Å². The first kappa shape index (κ1) is 16.9. The third-order valence-corrected chi connectivity index (χ3v) is 2.91. The van der Waals surface area contributed by atoms with Gasteiger partial charge >= 0.3 is 0 Å². The molecule has 0 saturated heterocycles. The van der Waals surface area contributed by atoms with Gasteiger partial charge in [-0.1, -0.05) is 6.07 Å². The van der Waals surface area contributed by atoms with Crippen molar-refractivity contribution < 1.29 is 9.59 Å². The number of aromatic nitrogens is 1. The summed E-state index contributed by atoms with van der Waals surface area (Å²) in [5.74, 6) is 0.416. The average molecular weight is 292 g/mol. The summed E-state index contributed by atoms with van der Waals surface area (Å²) in [6.07, 6.45) is 2.58. The van der Waals surface area contributed by atoms with Gasteiger partial charge in [0.15, 0.2) is 0 Å². The summed E-state index contributed by atoms with van der Waals surface area (Å²) in [6, 6.07) is 3.92. The molecule has 0 atom stereocenters. The minimum absolute atomic E-state index is 0.189. The number of carbonyl (C=O) groups is 2. The molecule has 1 rings (SSSR count). The molecule has 2 amide bonds. The molecule has 1 aromatic rings. The van der Waals surface area contributed by atoms with Crippen LogP contribution in [0.4, 0.5) is 5.82 Å². The molecule has 0 aromatic carbocycles. The van der Waals surface area contributed by atoms with E-state index >= 15 is 0 Å². The lowest BCUT2D eigenvalue weighted by Gasteiger charge is -2.24. The summed E-state index contributed by atoms with van der Waals surface area (Å²) in [5, 5.41) is 8.61. The van der Waals surface area contributed by atoms with E-state index in [1.54, 1.807) is 20.0 Å². The summed E-state index contributed by atoms with van der Waals surface area (Å²) in [6.45, 7) is 8.00. The minimum Gasteiger partial charge on any atom is -0.370 e. The number of anilines is 1. The van der Waals surface area contributed by atoms with Gasteiger partial charge in [-0.25, -0.2) is 4.98 Å². The molecule has 0 unspecified atom stereocenters. The predicted octanol–water partition coefficient (Wildman–Crippen LogP) is 1.22. The Hall–Kier alpha value is -2.11. The topological polar surface area (TPSA) is 83.1 Å². The Morgan fingerprint density at radius 2 is 1.95 bits per heavy atom. The van der Waals surface area contributed by atoms with Crippen LogP contribution >= 0.6 is 0 Å². The van der Waals surface area contributed by atoms with Crippen LogP contribution in [-0.2, 0) is 9.59 Å². The summed E-state index contributed by atoms with van der Waals surface area (Å²) in [4.78, 5) is 27.2. The van der Waals surface area contributed by atoms with Crippen LogP contribution in [0.1, 0.15) is 32.8 Å². The summed E-state index contributed by atoms with van der Waals surface area (Å²) in [5.41, 5.74) is 0.227. The maximum absolute atomic E-state index is 11.9. The molecule has 0 radical (unpaired) electrons. The minimum atomic E-state index is -0.891. The number of nitrogens with one attached hydrogen (secondary N) is 3. The number of nitrogens with zero attached hydrogens (tertiary/aromatic N) is 1. The van der Waals surface area contributed by atoms with E-state index in [9.17, 15) is 9.59 Å². The predicted molar refractivity (Wildman–Crippen MR) is 83.0 cm³/mol. The van der Waals surface area contributed by atoms with Crippen molar-refractivity contribution in [1.82, 2.24) is 15.6 Å². The Kier molecular flexibility index (Phi) is 6.14. The van der Waals surface area contributed by atoms with E-state index in [1.807, 2.05) is 19.1 Å². The lowest BCUT2D eigenvalue weighted by atomic mass is 10.0. The fourth-order valence-corrected chi connectivity index (χ4v) is 1.80. The molecule has 0 fully saturated rings. The SMILES string of the molecule is CC(=O)NC(C)(C)C(=O)NCCCNc1ccc(C)cn1. The van der Waals surface area contributed by atoms with E-state index in [0.717, 1.165) is 24.3 Å². The number of amides is 2. The maximum atomic E-state index is 11.9. The van der Waals surface area contributed by atoms with Gasteiger partial charge in [0.25, 0.3) is 0 Å². The second-order valence-electron chi connectivity index (χ2n) is 5.56. The number of aryl methyl sites for hydroxylation is 1. The van der Waals surface area contributed by atoms with Crippen LogP contribution in [0.5, 0.6) is 0 Å². The third kappa shape index (κ3) is 6.25. The smallest absolute Gasteiger partial charge is 0.245 e. The zero-order valence-electron chi connectivity index (χ0n) is 13.1. The zero-order chi connectivity index (χ0) is 15.9. The normalized spacial score (nSPS) is 10.9. The lowest BCUT2D eigenvalue weighted by molar-refractivity contribution is -0.131. The van der Waals surface area contributed by atoms with Crippen molar-refractivity contribution in [3.8, 4) is 0 Å². The second kappa shape index (κ2) is 7.61. The maximum Gasteiger partial charge on any atom is 0.245 e. The summed E-state index contributed by atoms with van der Waals surface area (Å²) in [7, 11) is 0. The van der Waals surface area contributed by atoms with Gasteiger partial charge in [0.1, 0.15) is 11.4 Å². The van der Waals surface area contributed by atoms with Gasteiger partial charge in [0, 0.05) is 26.2 Å². The summed E-state index contributed by atoms with van der Waals surface area (Å²) >= 11 is 0. The Morgan fingerprint density at radius 1 is 1.24 bits per heavy atom. The highest BCUT2D eigenvalue weighted by atomic mass is 16.2. The quantitative estimate of drug-likeness (QED) is 0.660. The number of rotatable bonds is 7. The van der Waals surface area contributed by atoms with Gasteiger partial charge in [-0.3, -0.25) is 9.59 Å². The van der Waals surface area contributed by atoms with Crippen LogP contribution in [-0.4, -0.2) is 35.4 Å². The zero-order valence-corrected chi connectivity index (χ0v) is 13.1. The second-order valence-corrected chi connectivity index (χ2v) is 5.56. The van der Waals surface area contributed by atoms with Crippen molar-refractivity contribution in [2.45, 2.75) is 39.7 Å². The molecule has 3 N–H and O–H groups in total. The Bertz CT molecular complexity index is 483. The van der Waals surface area contributed by atoms with Crippen molar-refractivity contribution >= 4 is 17.6 Å². The fourth-order valence-electron chi connectivity index (χ4n) is 1.80. The first-order valence-electron chi connectivity index (χ1n) is 7.05. The molecule has 0 aliphatic rings. The number of hydrogen-bond acceptors (Lipinski definition) is 4. The first-order chi connectivity index (χ1) is 9.81. The Balaban J connectivity index is 2.23. The van der Waals surface area contributed by atoms with Gasteiger partial charge in [0.2, 0.25) is 11.8 Å². The molecule has 6 nitrogen and oxygen atoms in total. The molecular formula is C15H24N4O2. The molecular weight excluding hydrogens is 268 g/mol. The standard InChI is InChI=1S/C15H24N4O2/c1-11-6-7-13(18-10-11)16-8-5-9-17-14(21)15(3,4)19-12(2)20/h6-7,10H,5,8-9H2,1-4H3,(H,16,18)(H,17,21)(H,19,20). The van der Waals surface area contributed by atoms with Crippen LogP contribution in [0, 0.1) is 6.92 Å². The van der Waals surface area contributed by atoms with Gasteiger partial charge < -0.3 is 16.0 Å². The van der Waals surface area contributed by atoms with Gasteiger partial charge in [-0.15, -0.1) is 0 Å². The van der Waals surface area contributed by atoms with E-state index < -0.39 is 5.54 Å². The molecule has 0 aliphatic carbocycles. The monoisotopic (exact) mass is 292 g/mol. The molecule has 21 heavy (non-hydrogen) atoms. The fraction of sp³-hybridized carbons (Fsp3) is 0.533. The molecule has 116 valence electrons. The van der Waals surface area contributed by atoms with Crippen molar-refractivity contribution in [3.05, 3.63) is 23.9 Å². The largest absolute Gasteiger partial charge is 0.370 e. The van der Waals surface area contributed by atoms with Gasteiger partial charge in [-0.2, -0.15) is 0 Å². The average Bonchev–Trinajstić information content (AvgIpc) is 2.38. The highest BCUT2D eigenvalue weighted by molar-refractivity contribution is 5.90. The molecule has 6 heteroatoms. The van der Waals surface area contributed by atoms with E-state index in [0.29, 0.717) is 6.54 Å². The molecule has 0 aliphatic heterocycles. The van der Waals surface area contributed by atoms with Crippen molar-refractivity contribution in [2.24, 2.45) is 0 Å². The van der Waals surface area contributed by atoms with E-state index in [4.69, 9.17) is 0 Å². The van der Waals surface area contributed by atoms with Gasteiger partial charge in [-0.05, 0) is 38.8 Å². The van der Waals surface area contributed by atoms with Crippen LogP contribution in [0.2, 0.25) is 0 Å². The van der Waals surface area contributed by atoms with Crippen LogP contribution < -0.4 is 16.0 Å². The number of carbonyl (C=O) groups excluding carboxylic acids is 2. The van der Waals surface area contributed by atoms with Crippen molar-refractivity contribution in [1.29, 1.82) is 0 Å². The van der Waals surface area contributed by atoms with Crippen LogP contribution in [0.3, 0.4) is 0 Å². The van der Waals surface area contributed by atoms with Crippen molar-refractivity contribution in [2.75, 3.05) is 18.4 Å². The van der Waals surface area contributed by atoms with Gasteiger partial charge in [0.05, 0.1) is 0 Å². The highest BCUT2D eigenvalue weighted by Gasteiger charge is 2.27. The van der Waals surface area contributed by atoms with Crippen molar-refractivity contribution in [3.63, 3.8) is 0 Å². The highest BCUT2D eigenvalue weighted by Crippen LogP contribution is 2.04. The lowest BCUT2D eigenvalue weighted by Crippen LogP contribution is -2.54. The van der Waals surface area contributed by atoms with E-state index in [-0.39, 0.29) is 11.8 Å². The Morgan fingerprint density at radius 3 is 2.52 bits per heavy atom. The van der Waals surface area contributed by atoms with E-state index in [1.165, 1.54) is 6.92 Å².